The van der Waals surface area contributed by atoms with Crippen molar-refractivity contribution >= 4 is 5.91 Å². The van der Waals surface area contributed by atoms with Crippen molar-refractivity contribution < 1.29 is 9.53 Å². The minimum atomic E-state index is -0.505. The summed E-state index contributed by atoms with van der Waals surface area (Å²) < 4.78 is 9.57. The first-order valence-electron chi connectivity index (χ1n) is 8.61. The third kappa shape index (κ3) is 2.73. The minimum Gasteiger partial charge on any atom is -0.491 e. The predicted molar refractivity (Wildman–Crippen MR) is 98.0 cm³/mol. The van der Waals surface area contributed by atoms with Crippen molar-refractivity contribution in [1.29, 1.82) is 5.26 Å². The summed E-state index contributed by atoms with van der Waals surface area (Å²) in [5.41, 5.74) is 8.40. The van der Waals surface area contributed by atoms with Gasteiger partial charge in [0.15, 0.2) is 0 Å². The van der Waals surface area contributed by atoms with Gasteiger partial charge in [0.05, 0.1) is 23.9 Å². The van der Waals surface area contributed by atoms with Crippen molar-refractivity contribution in [2.45, 2.75) is 26.4 Å². The number of rotatable bonds is 3. The van der Waals surface area contributed by atoms with Gasteiger partial charge in [0.25, 0.3) is 0 Å². The van der Waals surface area contributed by atoms with E-state index in [1.165, 1.54) is 0 Å². The third-order valence-corrected chi connectivity index (χ3v) is 4.52. The first kappa shape index (κ1) is 16.8. The van der Waals surface area contributed by atoms with Crippen molar-refractivity contribution in [3.05, 3.63) is 41.7 Å². The summed E-state index contributed by atoms with van der Waals surface area (Å²) in [5.74, 6) is 0.781. The highest BCUT2D eigenvalue weighted by Gasteiger charge is 2.23. The van der Waals surface area contributed by atoms with Crippen LogP contribution >= 0.6 is 0 Å². The monoisotopic (exact) mass is 362 g/mol. The van der Waals surface area contributed by atoms with Crippen LogP contribution in [0.5, 0.6) is 5.75 Å². The van der Waals surface area contributed by atoms with Gasteiger partial charge < -0.3 is 15.0 Å². The average molecular weight is 362 g/mol. The van der Waals surface area contributed by atoms with Crippen LogP contribution < -0.4 is 10.5 Å². The lowest BCUT2D eigenvalue weighted by molar-refractivity contribution is 0.1000. The fourth-order valence-corrected chi connectivity index (χ4v) is 3.24. The van der Waals surface area contributed by atoms with Crippen molar-refractivity contribution in [3.8, 4) is 34.6 Å². The zero-order valence-corrected chi connectivity index (χ0v) is 15.0. The van der Waals surface area contributed by atoms with Gasteiger partial charge in [0, 0.05) is 17.8 Å². The van der Waals surface area contributed by atoms with E-state index in [0.717, 1.165) is 5.56 Å². The SMILES string of the molecule is CC(C)n1ncc(C#N)c1-c1cn2c(n1)-c1ccc(C(N)=O)cc1OCC2. The Bertz CT molecular complexity index is 1090. The lowest BCUT2D eigenvalue weighted by Gasteiger charge is -2.10. The first-order chi connectivity index (χ1) is 13.0. The molecule has 0 atom stereocenters. The molecular weight excluding hydrogens is 344 g/mol. The van der Waals surface area contributed by atoms with E-state index in [1.54, 1.807) is 29.1 Å². The third-order valence-electron chi connectivity index (χ3n) is 4.52. The van der Waals surface area contributed by atoms with Gasteiger partial charge in [-0.05, 0) is 32.0 Å². The highest BCUT2D eigenvalue weighted by Crippen LogP contribution is 2.35. The molecule has 3 aromatic rings. The molecule has 2 aromatic heterocycles. The molecule has 0 saturated heterocycles. The van der Waals surface area contributed by atoms with E-state index in [0.29, 0.717) is 47.2 Å². The van der Waals surface area contributed by atoms with E-state index in [-0.39, 0.29) is 6.04 Å². The minimum absolute atomic E-state index is 0.0948. The normalized spacial score (nSPS) is 12.7. The number of benzene rings is 1. The summed E-state index contributed by atoms with van der Waals surface area (Å²) >= 11 is 0. The number of fused-ring (bicyclic) bond motifs is 3. The second-order valence-electron chi connectivity index (χ2n) is 6.62. The van der Waals surface area contributed by atoms with Gasteiger partial charge in [-0.3, -0.25) is 9.48 Å². The van der Waals surface area contributed by atoms with Crippen LogP contribution in [0.4, 0.5) is 0 Å². The quantitative estimate of drug-likeness (QED) is 0.769. The standard InChI is InChI=1S/C19H18N6O2/c1-11(2)25-17(13(8-20)9-22-25)15-10-24-5-6-27-16-7-12(18(21)26)3-4-14(16)19(24)23-15/h3-4,7,9-11H,5-6H2,1-2H3,(H2,21,26). The predicted octanol–water partition coefficient (Wildman–Crippen LogP) is 2.36. The molecule has 4 rings (SSSR count). The molecule has 0 aliphatic carbocycles. The van der Waals surface area contributed by atoms with Crippen LogP contribution in [0, 0.1) is 11.3 Å². The second kappa shape index (κ2) is 6.29. The maximum atomic E-state index is 11.5. The molecule has 0 radical (unpaired) electrons. The van der Waals surface area contributed by atoms with Crippen LogP contribution in [0.1, 0.15) is 35.8 Å². The zero-order chi connectivity index (χ0) is 19.1. The van der Waals surface area contributed by atoms with Crippen molar-refractivity contribution in [2.75, 3.05) is 6.61 Å². The maximum absolute atomic E-state index is 11.5. The second-order valence-corrected chi connectivity index (χ2v) is 6.62. The average Bonchev–Trinajstić information content (AvgIpc) is 3.21. The molecule has 0 fully saturated rings. The Labute approximate surface area is 155 Å². The lowest BCUT2D eigenvalue weighted by atomic mass is 10.1. The topological polar surface area (TPSA) is 112 Å². The molecule has 1 aliphatic heterocycles. The van der Waals surface area contributed by atoms with Crippen LogP contribution in [0.25, 0.3) is 22.8 Å². The fourth-order valence-electron chi connectivity index (χ4n) is 3.24. The van der Waals surface area contributed by atoms with Gasteiger partial charge in [-0.25, -0.2) is 4.98 Å². The Balaban J connectivity index is 1.88. The smallest absolute Gasteiger partial charge is 0.248 e. The number of amides is 1. The van der Waals surface area contributed by atoms with Crippen LogP contribution in [0.15, 0.2) is 30.6 Å². The summed E-state index contributed by atoms with van der Waals surface area (Å²) in [4.78, 5) is 16.2. The maximum Gasteiger partial charge on any atom is 0.248 e. The highest BCUT2D eigenvalue weighted by molar-refractivity contribution is 5.94. The molecule has 1 amide bonds. The molecule has 27 heavy (non-hydrogen) atoms. The lowest BCUT2D eigenvalue weighted by Crippen LogP contribution is -2.11. The van der Waals surface area contributed by atoms with Crippen LogP contribution in [0.3, 0.4) is 0 Å². The number of nitriles is 1. The van der Waals surface area contributed by atoms with Gasteiger partial charge in [-0.2, -0.15) is 10.4 Å². The Morgan fingerprint density at radius 1 is 1.41 bits per heavy atom. The number of nitrogens with zero attached hydrogens (tertiary/aromatic N) is 5. The Hall–Kier alpha value is -3.60. The van der Waals surface area contributed by atoms with Crippen LogP contribution in [0.2, 0.25) is 0 Å². The van der Waals surface area contributed by atoms with E-state index in [1.807, 2.05) is 24.6 Å². The van der Waals surface area contributed by atoms with E-state index in [4.69, 9.17) is 15.5 Å². The fraction of sp³-hybridized carbons (Fsp3) is 0.263. The molecule has 1 aromatic carbocycles. The highest BCUT2D eigenvalue weighted by atomic mass is 16.5. The number of hydrogen-bond donors (Lipinski definition) is 1. The number of carbonyl (C=O) groups is 1. The molecule has 0 bridgehead atoms. The van der Waals surface area contributed by atoms with Gasteiger partial charge in [0.2, 0.25) is 5.91 Å². The number of carbonyl (C=O) groups excluding carboxylic acids is 1. The Morgan fingerprint density at radius 3 is 2.93 bits per heavy atom. The largest absolute Gasteiger partial charge is 0.491 e. The summed E-state index contributed by atoms with van der Waals surface area (Å²) in [6.45, 7) is 5.05. The summed E-state index contributed by atoms with van der Waals surface area (Å²) in [6, 6.07) is 7.37. The van der Waals surface area contributed by atoms with E-state index >= 15 is 0 Å². The molecule has 2 N–H and O–H groups in total. The van der Waals surface area contributed by atoms with Crippen LogP contribution in [-0.4, -0.2) is 31.8 Å². The number of ether oxygens (including phenoxy) is 1. The van der Waals surface area contributed by atoms with Crippen LogP contribution in [-0.2, 0) is 6.54 Å². The van der Waals surface area contributed by atoms with Crippen molar-refractivity contribution in [3.63, 3.8) is 0 Å². The van der Waals surface area contributed by atoms with Crippen molar-refractivity contribution in [1.82, 2.24) is 19.3 Å². The van der Waals surface area contributed by atoms with E-state index < -0.39 is 5.91 Å². The number of aromatic nitrogens is 4. The molecule has 3 heterocycles. The van der Waals surface area contributed by atoms with Gasteiger partial charge in [0.1, 0.15) is 35.6 Å². The number of primary amides is 1. The van der Waals surface area contributed by atoms with Gasteiger partial charge in [-0.1, -0.05) is 0 Å². The van der Waals surface area contributed by atoms with E-state index in [2.05, 4.69) is 11.2 Å². The molecular formula is C19H18N6O2. The number of nitrogens with two attached hydrogens (primary N) is 1. The summed E-state index contributed by atoms with van der Waals surface area (Å²) in [5, 5.41) is 13.8. The first-order valence-corrected chi connectivity index (χ1v) is 8.61. The Morgan fingerprint density at radius 2 is 2.22 bits per heavy atom. The molecule has 0 saturated carbocycles. The zero-order valence-electron chi connectivity index (χ0n) is 15.0. The number of hydrogen-bond acceptors (Lipinski definition) is 5. The molecule has 8 heteroatoms. The Kier molecular flexibility index (Phi) is 3.92. The molecule has 0 unspecified atom stereocenters. The van der Waals surface area contributed by atoms with Gasteiger partial charge in [-0.15, -0.1) is 0 Å². The molecule has 8 nitrogen and oxygen atoms in total. The van der Waals surface area contributed by atoms with E-state index in [9.17, 15) is 10.1 Å². The molecule has 0 spiro atoms. The van der Waals surface area contributed by atoms with Crippen molar-refractivity contribution in [2.24, 2.45) is 5.73 Å². The summed E-state index contributed by atoms with van der Waals surface area (Å²) in [7, 11) is 0. The molecule has 1 aliphatic rings. The summed E-state index contributed by atoms with van der Waals surface area (Å²) in [6.07, 6.45) is 3.47. The molecule has 136 valence electrons. The van der Waals surface area contributed by atoms with Gasteiger partial charge >= 0.3 is 0 Å². The number of imidazole rings is 1.